The SMILES string of the molecule is CCNC(=NCc1ccccc1CC)NCC(C)(O)c1cccs1.I. The number of benzene rings is 1. The normalized spacial score (nSPS) is 13.7. The van der Waals surface area contributed by atoms with Crippen molar-refractivity contribution in [2.24, 2.45) is 4.99 Å². The van der Waals surface area contributed by atoms with E-state index in [1.165, 1.54) is 11.1 Å². The molecule has 4 nitrogen and oxygen atoms in total. The molecule has 0 spiro atoms. The lowest BCUT2D eigenvalue weighted by molar-refractivity contribution is 0.0655. The van der Waals surface area contributed by atoms with Crippen molar-refractivity contribution < 1.29 is 5.11 Å². The highest BCUT2D eigenvalue weighted by atomic mass is 127. The van der Waals surface area contributed by atoms with Gasteiger partial charge in [-0.1, -0.05) is 37.3 Å². The minimum Gasteiger partial charge on any atom is -0.383 e. The number of hydrogen-bond acceptors (Lipinski definition) is 3. The van der Waals surface area contributed by atoms with Crippen LogP contribution in [0.25, 0.3) is 0 Å². The van der Waals surface area contributed by atoms with Crippen molar-refractivity contribution in [2.75, 3.05) is 13.1 Å². The van der Waals surface area contributed by atoms with Gasteiger partial charge in [-0.15, -0.1) is 35.3 Å². The molecule has 0 saturated carbocycles. The van der Waals surface area contributed by atoms with Gasteiger partial charge >= 0.3 is 0 Å². The summed E-state index contributed by atoms with van der Waals surface area (Å²) >= 11 is 1.56. The first-order valence-corrected chi connectivity index (χ1v) is 9.30. The third-order valence-corrected chi connectivity index (χ3v) is 5.03. The monoisotopic (exact) mass is 473 g/mol. The van der Waals surface area contributed by atoms with Crippen LogP contribution < -0.4 is 10.6 Å². The number of guanidine groups is 1. The molecule has 0 aliphatic rings. The highest BCUT2D eigenvalue weighted by Crippen LogP contribution is 2.24. The lowest BCUT2D eigenvalue weighted by Crippen LogP contribution is -2.44. The Balaban J connectivity index is 0.00000312. The quantitative estimate of drug-likeness (QED) is 0.325. The summed E-state index contributed by atoms with van der Waals surface area (Å²) in [7, 11) is 0. The molecule has 0 aliphatic carbocycles. The lowest BCUT2D eigenvalue weighted by Gasteiger charge is -2.23. The van der Waals surface area contributed by atoms with Crippen molar-refractivity contribution >= 4 is 41.3 Å². The van der Waals surface area contributed by atoms with Gasteiger partial charge in [0, 0.05) is 11.4 Å². The zero-order valence-electron chi connectivity index (χ0n) is 15.1. The molecule has 3 N–H and O–H groups in total. The van der Waals surface area contributed by atoms with Gasteiger partial charge in [0.2, 0.25) is 0 Å². The molecule has 0 aliphatic heterocycles. The molecule has 0 amide bonds. The summed E-state index contributed by atoms with van der Waals surface area (Å²) in [4.78, 5) is 5.61. The number of hydrogen-bond donors (Lipinski definition) is 3. The first-order valence-electron chi connectivity index (χ1n) is 8.42. The minimum atomic E-state index is -0.911. The number of nitrogens with zero attached hydrogens (tertiary/aromatic N) is 1. The summed E-state index contributed by atoms with van der Waals surface area (Å²) in [6, 6.07) is 12.3. The van der Waals surface area contributed by atoms with Crippen molar-refractivity contribution in [2.45, 2.75) is 39.3 Å². The van der Waals surface area contributed by atoms with Crippen molar-refractivity contribution in [3.05, 3.63) is 57.8 Å². The Morgan fingerprint density at radius 1 is 1.12 bits per heavy atom. The summed E-state index contributed by atoms with van der Waals surface area (Å²) in [5.41, 5.74) is 1.65. The smallest absolute Gasteiger partial charge is 0.191 e. The van der Waals surface area contributed by atoms with E-state index in [1.54, 1.807) is 11.3 Å². The molecule has 0 fully saturated rings. The summed E-state index contributed by atoms with van der Waals surface area (Å²) in [6.45, 7) is 7.83. The van der Waals surface area contributed by atoms with E-state index >= 15 is 0 Å². The van der Waals surface area contributed by atoms with Crippen molar-refractivity contribution in [1.29, 1.82) is 0 Å². The van der Waals surface area contributed by atoms with Crippen LogP contribution in [-0.4, -0.2) is 24.2 Å². The molecular weight excluding hydrogens is 445 g/mol. The number of rotatable bonds is 7. The van der Waals surface area contributed by atoms with Crippen molar-refractivity contribution in [1.82, 2.24) is 10.6 Å². The maximum atomic E-state index is 10.6. The highest BCUT2D eigenvalue weighted by Gasteiger charge is 2.24. The number of thiophene rings is 1. The van der Waals surface area contributed by atoms with Crippen molar-refractivity contribution in [3.8, 4) is 0 Å². The molecule has 0 saturated heterocycles. The number of aliphatic imine (C=N–C) groups is 1. The molecule has 1 aromatic carbocycles. The van der Waals surface area contributed by atoms with Gasteiger partial charge in [0.25, 0.3) is 0 Å². The van der Waals surface area contributed by atoms with E-state index in [1.807, 2.05) is 37.4 Å². The summed E-state index contributed by atoms with van der Waals surface area (Å²) < 4.78 is 0. The maximum absolute atomic E-state index is 10.6. The molecule has 1 unspecified atom stereocenters. The van der Waals surface area contributed by atoms with E-state index in [9.17, 15) is 5.11 Å². The van der Waals surface area contributed by atoms with Crippen LogP contribution in [0.15, 0.2) is 46.8 Å². The number of aryl methyl sites for hydroxylation is 1. The maximum Gasteiger partial charge on any atom is 0.191 e. The van der Waals surface area contributed by atoms with Crippen LogP contribution in [0.1, 0.15) is 36.8 Å². The molecule has 2 rings (SSSR count). The Bertz CT molecular complexity index is 656. The predicted molar refractivity (Wildman–Crippen MR) is 118 cm³/mol. The fraction of sp³-hybridized carbons (Fsp3) is 0.421. The third kappa shape index (κ3) is 6.60. The number of halogens is 1. The van der Waals surface area contributed by atoms with E-state index < -0.39 is 5.60 Å². The molecule has 138 valence electrons. The van der Waals surface area contributed by atoms with E-state index in [-0.39, 0.29) is 24.0 Å². The lowest BCUT2D eigenvalue weighted by atomic mass is 10.1. The van der Waals surface area contributed by atoms with Crippen LogP contribution in [0.4, 0.5) is 0 Å². The summed E-state index contributed by atoms with van der Waals surface area (Å²) in [6.07, 6.45) is 1.00. The van der Waals surface area contributed by atoms with Crippen LogP contribution >= 0.6 is 35.3 Å². The average Bonchev–Trinajstić information content (AvgIpc) is 3.13. The number of aliphatic hydroxyl groups is 1. The van der Waals surface area contributed by atoms with Gasteiger partial charge in [0.15, 0.2) is 5.96 Å². The van der Waals surface area contributed by atoms with E-state index in [2.05, 4.69) is 40.7 Å². The largest absolute Gasteiger partial charge is 0.383 e. The van der Waals surface area contributed by atoms with Crippen LogP contribution in [0, 0.1) is 0 Å². The standard InChI is InChI=1S/C19H27N3OS.HI/c1-4-15-9-6-7-10-16(15)13-21-18(20-5-2)22-14-19(3,23)17-11-8-12-24-17;/h6-12,23H,4-5,13-14H2,1-3H3,(H2,20,21,22);1H. The molecule has 2 aromatic rings. The highest BCUT2D eigenvalue weighted by molar-refractivity contribution is 14.0. The Kier molecular flexibility index (Phi) is 9.45. The summed E-state index contributed by atoms with van der Waals surface area (Å²) in [5, 5.41) is 19.1. The first kappa shape index (κ1) is 21.9. The molecule has 25 heavy (non-hydrogen) atoms. The Labute approximate surface area is 171 Å². The molecule has 1 heterocycles. The number of nitrogens with one attached hydrogen (secondary N) is 2. The Hall–Kier alpha value is -1.12. The van der Waals surface area contributed by atoms with Gasteiger partial charge in [-0.2, -0.15) is 0 Å². The molecule has 0 radical (unpaired) electrons. The van der Waals surface area contributed by atoms with Gasteiger partial charge in [-0.05, 0) is 42.8 Å². The topological polar surface area (TPSA) is 56.7 Å². The van der Waals surface area contributed by atoms with Crippen LogP contribution in [0.3, 0.4) is 0 Å². The van der Waals surface area contributed by atoms with Gasteiger partial charge in [0.1, 0.15) is 5.60 Å². The second-order valence-corrected chi connectivity index (χ2v) is 6.87. The van der Waals surface area contributed by atoms with Crippen LogP contribution in [0.5, 0.6) is 0 Å². The first-order chi connectivity index (χ1) is 11.6. The molecular formula is C19H28IN3OS. The van der Waals surface area contributed by atoms with Crippen LogP contribution in [-0.2, 0) is 18.6 Å². The minimum absolute atomic E-state index is 0. The Morgan fingerprint density at radius 3 is 2.44 bits per heavy atom. The van der Waals surface area contributed by atoms with Gasteiger partial charge in [-0.25, -0.2) is 4.99 Å². The zero-order valence-corrected chi connectivity index (χ0v) is 18.2. The second-order valence-electron chi connectivity index (χ2n) is 5.92. The zero-order chi connectivity index (χ0) is 17.4. The summed E-state index contributed by atoms with van der Waals surface area (Å²) in [5.74, 6) is 0.722. The fourth-order valence-corrected chi connectivity index (χ4v) is 3.28. The van der Waals surface area contributed by atoms with Crippen molar-refractivity contribution in [3.63, 3.8) is 0 Å². The van der Waals surface area contributed by atoms with Crippen LogP contribution in [0.2, 0.25) is 0 Å². The second kappa shape index (κ2) is 10.8. The van der Waals surface area contributed by atoms with Gasteiger partial charge in [0.05, 0.1) is 13.1 Å². The molecule has 0 bridgehead atoms. The average molecular weight is 473 g/mol. The molecule has 1 atom stereocenters. The Morgan fingerprint density at radius 2 is 1.84 bits per heavy atom. The van der Waals surface area contributed by atoms with E-state index in [0.717, 1.165) is 23.8 Å². The van der Waals surface area contributed by atoms with E-state index in [0.29, 0.717) is 13.1 Å². The van der Waals surface area contributed by atoms with Gasteiger partial charge < -0.3 is 15.7 Å². The molecule has 1 aromatic heterocycles. The molecule has 6 heteroatoms. The fourth-order valence-electron chi connectivity index (χ4n) is 2.49. The predicted octanol–water partition coefficient (Wildman–Crippen LogP) is 3.89. The van der Waals surface area contributed by atoms with E-state index in [4.69, 9.17) is 0 Å². The van der Waals surface area contributed by atoms with Gasteiger partial charge in [-0.3, -0.25) is 0 Å². The third-order valence-electron chi connectivity index (χ3n) is 3.90.